The molecule has 5 heteroatoms. The second kappa shape index (κ2) is 5.95. The number of benzene rings is 1. The Bertz CT molecular complexity index is 499. The Kier molecular flexibility index (Phi) is 4.06. The van der Waals surface area contributed by atoms with Crippen molar-refractivity contribution in [1.82, 2.24) is 9.97 Å². The topological polar surface area (TPSA) is 55.0 Å². The molecule has 2 rings (SSSR count). The Morgan fingerprint density at radius 1 is 1.44 bits per heavy atom. The quantitative estimate of drug-likeness (QED) is 0.794. The highest BCUT2D eigenvalue weighted by molar-refractivity contribution is 5.37. The molecule has 0 radical (unpaired) electrons. The lowest BCUT2D eigenvalue weighted by molar-refractivity contribution is -0.133. The van der Waals surface area contributed by atoms with E-state index in [-0.39, 0.29) is 11.9 Å². The van der Waals surface area contributed by atoms with Gasteiger partial charge >= 0.3 is 0 Å². The number of hydrogen-bond acceptors (Lipinski definition) is 3. The van der Waals surface area contributed by atoms with Crippen LogP contribution in [-0.4, -0.2) is 22.5 Å². The largest absolute Gasteiger partial charge is 0.464 e. The van der Waals surface area contributed by atoms with Gasteiger partial charge in [0.1, 0.15) is 11.9 Å². The first-order valence-corrected chi connectivity index (χ1v) is 5.58. The third-order valence-corrected chi connectivity index (χ3v) is 2.60. The van der Waals surface area contributed by atoms with E-state index >= 15 is 0 Å². The second-order valence-corrected chi connectivity index (χ2v) is 3.97. The average Bonchev–Trinajstić information content (AvgIpc) is 2.82. The minimum absolute atomic E-state index is 0.293. The van der Waals surface area contributed by atoms with Gasteiger partial charge in [0.2, 0.25) is 0 Å². The number of halogens is 1. The van der Waals surface area contributed by atoms with E-state index in [0.717, 1.165) is 11.3 Å². The number of carbonyl (C=O) groups is 1. The van der Waals surface area contributed by atoms with Crippen LogP contribution in [0.5, 0.6) is 0 Å². The van der Waals surface area contributed by atoms with Crippen molar-refractivity contribution in [1.29, 1.82) is 0 Å². The van der Waals surface area contributed by atoms with Crippen LogP contribution in [0, 0.1) is 5.82 Å². The molecular formula is C13H13FN2O2. The maximum absolute atomic E-state index is 13.1. The molecule has 0 saturated carbocycles. The Morgan fingerprint density at radius 2 is 2.33 bits per heavy atom. The van der Waals surface area contributed by atoms with Crippen LogP contribution in [0.2, 0.25) is 0 Å². The number of carbonyl (C=O) groups excluding carboxylic acids is 1. The predicted octanol–water partition coefficient (Wildman–Crippen LogP) is 1.88. The highest BCUT2D eigenvalue weighted by Gasteiger charge is 2.12. The number of aromatic amines is 1. The summed E-state index contributed by atoms with van der Waals surface area (Å²) in [5, 5.41) is 0. The van der Waals surface area contributed by atoms with Crippen molar-refractivity contribution in [3.05, 3.63) is 53.9 Å². The summed E-state index contributed by atoms with van der Waals surface area (Å²) < 4.78 is 18.1. The number of ether oxygens (including phenoxy) is 1. The predicted molar refractivity (Wildman–Crippen MR) is 63.3 cm³/mol. The summed E-state index contributed by atoms with van der Waals surface area (Å²) in [6, 6.07) is 6.26. The molecule has 0 saturated heterocycles. The summed E-state index contributed by atoms with van der Waals surface area (Å²) in [5.41, 5.74) is 1.67. The Morgan fingerprint density at radius 3 is 3.00 bits per heavy atom. The molecule has 0 amide bonds. The molecule has 4 nitrogen and oxygen atoms in total. The second-order valence-electron chi connectivity index (χ2n) is 3.97. The average molecular weight is 248 g/mol. The molecule has 1 aromatic heterocycles. The summed E-state index contributed by atoms with van der Waals surface area (Å²) in [6.07, 6.45) is 3.90. The van der Waals surface area contributed by atoms with Crippen molar-refractivity contribution in [2.75, 3.05) is 0 Å². The van der Waals surface area contributed by atoms with Crippen LogP contribution in [0.3, 0.4) is 0 Å². The molecule has 0 spiro atoms. The number of nitrogens with zero attached hydrogens (tertiary/aromatic N) is 1. The van der Waals surface area contributed by atoms with Gasteiger partial charge in [0.15, 0.2) is 0 Å². The van der Waals surface area contributed by atoms with Crippen LogP contribution in [0.15, 0.2) is 36.8 Å². The zero-order valence-corrected chi connectivity index (χ0v) is 9.67. The van der Waals surface area contributed by atoms with Crippen LogP contribution in [0.1, 0.15) is 11.3 Å². The van der Waals surface area contributed by atoms with Gasteiger partial charge in [0.25, 0.3) is 6.47 Å². The molecule has 1 aromatic carbocycles. The third kappa shape index (κ3) is 3.41. The maximum Gasteiger partial charge on any atom is 0.293 e. The lowest BCUT2D eigenvalue weighted by Crippen LogP contribution is -2.19. The summed E-state index contributed by atoms with van der Waals surface area (Å²) in [4.78, 5) is 17.3. The molecule has 1 N–H and O–H groups in total. The normalized spacial score (nSPS) is 12.1. The fourth-order valence-corrected chi connectivity index (χ4v) is 1.82. The molecule has 1 heterocycles. The highest BCUT2D eigenvalue weighted by Crippen LogP contribution is 2.11. The van der Waals surface area contributed by atoms with Gasteiger partial charge < -0.3 is 9.72 Å². The van der Waals surface area contributed by atoms with E-state index in [1.54, 1.807) is 24.7 Å². The van der Waals surface area contributed by atoms with Gasteiger partial charge in [-0.3, -0.25) is 4.79 Å². The number of hydrogen-bond donors (Lipinski definition) is 1. The van der Waals surface area contributed by atoms with Crippen LogP contribution >= 0.6 is 0 Å². The molecule has 0 aliphatic heterocycles. The summed E-state index contributed by atoms with van der Waals surface area (Å²) in [6.45, 7) is 0.417. The Labute approximate surface area is 104 Å². The van der Waals surface area contributed by atoms with Crippen molar-refractivity contribution >= 4 is 6.47 Å². The molecule has 94 valence electrons. The van der Waals surface area contributed by atoms with Crippen LogP contribution in [0.25, 0.3) is 0 Å². The molecule has 1 unspecified atom stereocenters. The number of rotatable bonds is 6. The van der Waals surface area contributed by atoms with Gasteiger partial charge in [-0.25, -0.2) is 9.37 Å². The molecular weight excluding hydrogens is 235 g/mol. The molecule has 18 heavy (non-hydrogen) atoms. The molecule has 0 bridgehead atoms. The van der Waals surface area contributed by atoms with Crippen molar-refractivity contribution in [3.63, 3.8) is 0 Å². The lowest BCUT2D eigenvalue weighted by atomic mass is 10.0. The van der Waals surface area contributed by atoms with Gasteiger partial charge in [-0.2, -0.15) is 0 Å². The number of H-pyrrole nitrogens is 1. The van der Waals surface area contributed by atoms with E-state index in [1.807, 2.05) is 0 Å². The van der Waals surface area contributed by atoms with Gasteiger partial charge in [0.05, 0.1) is 6.33 Å². The smallest absolute Gasteiger partial charge is 0.293 e. The van der Waals surface area contributed by atoms with Crippen molar-refractivity contribution < 1.29 is 13.9 Å². The first kappa shape index (κ1) is 12.3. The van der Waals surface area contributed by atoms with Gasteiger partial charge in [-0.15, -0.1) is 0 Å². The molecule has 1 atom stereocenters. The van der Waals surface area contributed by atoms with E-state index in [9.17, 15) is 9.18 Å². The lowest BCUT2D eigenvalue weighted by Gasteiger charge is -2.14. The van der Waals surface area contributed by atoms with Gasteiger partial charge in [-0.1, -0.05) is 12.1 Å². The monoisotopic (exact) mass is 248 g/mol. The fraction of sp³-hybridized carbons (Fsp3) is 0.231. The maximum atomic E-state index is 13.1. The third-order valence-electron chi connectivity index (χ3n) is 2.60. The minimum atomic E-state index is -0.329. The number of imidazole rings is 1. The van der Waals surface area contributed by atoms with Crippen LogP contribution in [0.4, 0.5) is 4.39 Å². The fourth-order valence-electron chi connectivity index (χ4n) is 1.82. The van der Waals surface area contributed by atoms with E-state index in [1.165, 1.54) is 12.1 Å². The highest BCUT2D eigenvalue weighted by atomic mass is 19.1. The molecule has 2 aromatic rings. The zero-order valence-electron chi connectivity index (χ0n) is 9.67. The Balaban J connectivity index is 2.03. The first-order valence-electron chi connectivity index (χ1n) is 5.58. The minimum Gasteiger partial charge on any atom is -0.464 e. The standard InChI is InChI=1S/C13H13FN2O2/c14-11-3-1-2-10(4-11)5-13(18-9-17)6-12-7-15-8-16-12/h1-4,7-9,13H,5-6H2,(H,15,16). The summed E-state index contributed by atoms with van der Waals surface area (Å²) in [5.74, 6) is -0.293. The van der Waals surface area contributed by atoms with Crippen LogP contribution in [-0.2, 0) is 22.4 Å². The van der Waals surface area contributed by atoms with E-state index in [0.29, 0.717) is 19.3 Å². The zero-order chi connectivity index (χ0) is 12.8. The molecule has 0 fully saturated rings. The van der Waals surface area contributed by atoms with E-state index < -0.39 is 0 Å². The van der Waals surface area contributed by atoms with E-state index in [4.69, 9.17) is 4.74 Å². The van der Waals surface area contributed by atoms with Crippen molar-refractivity contribution in [2.24, 2.45) is 0 Å². The van der Waals surface area contributed by atoms with E-state index in [2.05, 4.69) is 9.97 Å². The number of nitrogens with one attached hydrogen (secondary N) is 1. The molecule has 0 aliphatic rings. The van der Waals surface area contributed by atoms with Crippen molar-refractivity contribution in [3.8, 4) is 0 Å². The summed E-state index contributed by atoms with van der Waals surface area (Å²) in [7, 11) is 0. The van der Waals surface area contributed by atoms with Crippen molar-refractivity contribution in [2.45, 2.75) is 18.9 Å². The first-order chi connectivity index (χ1) is 8.78. The SMILES string of the molecule is O=COC(Cc1cccc(F)c1)Cc1cnc[nH]1. The Hall–Kier alpha value is -2.17. The number of aromatic nitrogens is 2. The van der Waals surface area contributed by atoms with Crippen LogP contribution < -0.4 is 0 Å². The summed E-state index contributed by atoms with van der Waals surface area (Å²) >= 11 is 0. The van der Waals surface area contributed by atoms with Gasteiger partial charge in [0, 0.05) is 24.7 Å². The van der Waals surface area contributed by atoms with Gasteiger partial charge in [-0.05, 0) is 17.7 Å². The molecule has 0 aliphatic carbocycles.